The topological polar surface area (TPSA) is 84.4 Å². The van der Waals surface area contributed by atoms with Crippen molar-refractivity contribution in [3.05, 3.63) is 58.1 Å². The summed E-state index contributed by atoms with van der Waals surface area (Å²) in [5.41, 5.74) is 3.12. The molecule has 4 heterocycles. The quantitative estimate of drug-likeness (QED) is 0.532. The van der Waals surface area contributed by atoms with Gasteiger partial charge in [-0.3, -0.25) is 4.79 Å². The molecule has 0 aliphatic heterocycles. The summed E-state index contributed by atoms with van der Waals surface area (Å²) in [5.74, 6) is 0.364. The maximum absolute atomic E-state index is 13.1. The summed E-state index contributed by atoms with van der Waals surface area (Å²) in [6.07, 6.45) is 1.56. The van der Waals surface area contributed by atoms with E-state index in [2.05, 4.69) is 31.8 Å². The summed E-state index contributed by atoms with van der Waals surface area (Å²) in [6.45, 7) is 2.28. The number of furan rings is 1. The van der Waals surface area contributed by atoms with Crippen molar-refractivity contribution in [1.29, 1.82) is 0 Å². The zero-order valence-electron chi connectivity index (χ0n) is 15.8. The molecule has 0 saturated heterocycles. The Kier molecular flexibility index (Phi) is 4.97. The van der Waals surface area contributed by atoms with Crippen LogP contribution in [0.25, 0.3) is 22.6 Å². The third-order valence-electron chi connectivity index (χ3n) is 4.64. The number of nitrogens with zero attached hydrogens (tertiary/aromatic N) is 3. The van der Waals surface area contributed by atoms with Gasteiger partial charge in [0.2, 0.25) is 0 Å². The van der Waals surface area contributed by atoms with Crippen LogP contribution in [-0.2, 0) is 0 Å². The Bertz CT molecular complexity index is 1080. The number of hydrogen-bond donors (Lipinski definition) is 1. The fourth-order valence-electron chi connectivity index (χ4n) is 3.17. The molecule has 0 bridgehead atoms. The van der Waals surface area contributed by atoms with Gasteiger partial charge < -0.3 is 19.2 Å². The van der Waals surface area contributed by atoms with Crippen LogP contribution in [-0.4, -0.2) is 41.6 Å². The van der Waals surface area contributed by atoms with E-state index in [9.17, 15) is 4.79 Å². The first-order valence-corrected chi connectivity index (χ1v) is 9.76. The minimum Gasteiger partial charge on any atom is -0.463 e. The Morgan fingerprint density at radius 3 is 2.89 bits per heavy atom. The zero-order valence-corrected chi connectivity index (χ0v) is 16.6. The van der Waals surface area contributed by atoms with Gasteiger partial charge in [0, 0.05) is 6.54 Å². The Morgan fingerprint density at radius 1 is 1.36 bits per heavy atom. The molecule has 4 rings (SSSR count). The number of likely N-dealkylation sites (N-methyl/N-ethyl adjacent to an activating group) is 1. The molecule has 1 atom stereocenters. The van der Waals surface area contributed by atoms with E-state index in [1.54, 1.807) is 42.7 Å². The molecule has 144 valence electrons. The normalized spacial score (nSPS) is 12.6. The van der Waals surface area contributed by atoms with E-state index in [1.807, 2.05) is 19.5 Å². The first-order chi connectivity index (χ1) is 13.5. The molecule has 1 N–H and O–H groups in total. The molecular formula is C20H20N4O3S. The van der Waals surface area contributed by atoms with Crippen molar-refractivity contribution in [3.8, 4) is 11.5 Å². The highest BCUT2D eigenvalue weighted by atomic mass is 32.1. The second-order valence-corrected chi connectivity index (χ2v) is 7.51. The highest BCUT2D eigenvalue weighted by molar-refractivity contribution is 7.07. The van der Waals surface area contributed by atoms with Gasteiger partial charge in [0.15, 0.2) is 5.76 Å². The molecule has 0 aliphatic rings. The van der Waals surface area contributed by atoms with Crippen LogP contribution in [0.3, 0.4) is 0 Å². The molecule has 0 radical (unpaired) electrons. The van der Waals surface area contributed by atoms with Crippen molar-refractivity contribution < 1.29 is 13.7 Å². The smallest absolute Gasteiger partial charge is 0.259 e. The van der Waals surface area contributed by atoms with E-state index in [-0.39, 0.29) is 11.9 Å². The third kappa shape index (κ3) is 3.44. The second kappa shape index (κ2) is 7.57. The van der Waals surface area contributed by atoms with Crippen molar-refractivity contribution >= 4 is 28.3 Å². The van der Waals surface area contributed by atoms with Crippen LogP contribution in [0.15, 0.2) is 50.2 Å². The highest BCUT2D eigenvalue weighted by Gasteiger charge is 2.22. The number of nitrogens with one attached hydrogen (secondary N) is 1. The van der Waals surface area contributed by atoms with E-state index in [0.29, 0.717) is 40.4 Å². The molecule has 1 unspecified atom stereocenters. The van der Waals surface area contributed by atoms with E-state index in [0.717, 1.165) is 0 Å². The summed E-state index contributed by atoms with van der Waals surface area (Å²) in [4.78, 5) is 19.6. The maximum atomic E-state index is 13.1. The van der Waals surface area contributed by atoms with Crippen molar-refractivity contribution in [3.63, 3.8) is 0 Å². The first kappa shape index (κ1) is 18.4. The van der Waals surface area contributed by atoms with Crippen molar-refractivity contribution in [2.24, 2.45) is 0 Å². The number of aryl methyl sites for hydroxylation is 1. The number of pyridine rings is 1. The molecule has 0 saturated carbocycles. The van der Waals surface area contributed by atoms with Gasteiger partial charge in [-0.05, 0) is 61.6 Å². The zero-order chi connectivity index (χ0) is 19.7. The van der Waals surface area contributed by atoms with Crippen LogP contribution in [0.4, 0.5) is 0 Å². The summed E-state index contributed by atoms with van der Waals surface area (Å²) >= 11 is 1.64. The Hall–Kier alpha value is -2.97. The molecular weight excluding hydrogens is 376 g/mol. The molecule has 1 amide bonds. The van der Waals surface area contributed by atoms with Gasteiger partial charge in [-0.2, -0.15) is 11.3 Å². The van der Waals surface area contributed by atoms with Gasteiger partial charge in [0.05, 0.1) is 28.9 Å². The molecule has 0 spiro atoms. The molecule has 7 nitrogen and oxygen atoms in total. The highest BCUT2D eigenvalue weighted by Crippen LogP contribution is 2.27. The Morgan fingerprint density at radius 2 is 2.21 bits per heavy atom. The number of fused-ring (bicyclic) bond motifs is 1. The number of carbonyl (C=O) groups is 1. The van der Waals surface area contributed by atoms with Crippen LogP contribution >= 0.6 is 11.3 Å². The van der Waals surface area contributed by atoms with Gasteiger partial charge in [0.25, 0.3) is 11.6 Å². The van der Waals surface area contributed by atoms with Crippen LogP contribution in [0, 0.1) is 6.92 Å². The molecule has 0 aliphatic carbocycles. The lowest BCUT2D eigenvalue weighted by molar-refractivity contribution is 0.0943. The van der Waals surface area contributed by atoms with E-state index in [1.165, 1.54) is 5.56 Å². The third-order valence-corrected chi connectivity index (χ3v) is 5.34. The number of rotatable bonds is 6. The lowest BCUT2D eigenvalue weighted by atomic mass is 10.1. The predicted molar refractivity (Wildman–Crippen MR) is 107 cm³/mol. The van der Waals surface area contributed by atoms with Gasteiger partial charge in [-0.1, -0.05) is 5.16 Å². The van der Waals surface area contributed by atoms with Gasteiger partial charge in [-0.25, -0.2) is 4.98 Å². The monoisotopic (exact) mass is 396 g/mol. The lowest BCUT2D eigenvalue weighted by Crippen LogP contribution is -2.34. The SMILES string of the molecule is Cc1noc2nc(-c3ccco3)cc(C(=O)NCC(c3ccsc3)N(C)C)c12. The Labute approximate surface area is 166 Å². The van der Waals surface area contributed by atoms with E-state index < -0.39 is 0 Å². The predicted octanol–water partition coefficient (Wildman–Crippen LogP) is 3.89. The van der Waals surface area contributed by atoms with Crippen LogP contribution in [0.1, 0.15) is 27.7 Å². The lowest BCUT2D eigenvalue weighted by Gasteiger charge is -2.24. The molecule has 4 aromatic rings. The molecule has 0 aromatic carbocycles. The standard InChI is InChI=1S/C20H20N4O3S/c1-12-18-14(9-15(17-5-4-7-26-17)22-20(18)27-23-12)19(25)21-10-16(24(2)3)13-6-8-28-11-13/h4-9,11,16H,10H2,1-3H3,(H,21,25). The fraction of sp³-hybridized carbons (Fsp3) is 0.250. The molecule has 4 aromatic heterocycles. The van der Waals surface area contributed by atoms with Gasteiger partial charge in [0.1, 0.15) is 5.69 Å². The number of thiophene rings is 1. The van der Waals surface area contributed by atoms with Crippen molar-refractivity contribution in [2.75, 3.05) is 20.6 Å². The number of carbonyl (C=O) groups excluding carboxylic acids is 1. The number of amides is 1. The second-order valence-electron chi connectivity index (χ2n) is 6.73. The minimum absolute atomic E-state index is 0.0839. The minimum atomic E-state index is -0.200. The average molecular weight is 396 g/mol. The number of hydrogen-bond acceptors (Lipinski definition) is 7. The largest absolute Gasteiger partial charge is 0.463 e. The van der Waals surface area contributed by atoms with Gasteiger partial charge >= 0.3 is 0 Å². The van der Waals surface area contributed by atoms with Crippen LogP contribution < -0.4 is 5.32 Å². The summed E-state index contributed by atoms with van der Waals surface area (Å²) in [7, 11) is 4.00. The van der Waals surface area contributed by atoms with Crippen LogP contribution in [0.2, 0.25) is 0 Å². The van der Waals surface area contributed by atoms with Gasteiger partial charge in [-0.15, -0.1) is 0 Å². The summed E-state index contributed by atoms with van der Waals surface area (Å²) in [5, 5.41) is 11.8. The Balaban J connectivity index is 1.65. The maximum Gasteiger partial charge on any atom is 0.259 e. The van der Waals surface area contributed by atoms with E-state index >= 15 is 0 Å². The van der Waals surface area contributed by atoms with Crippen LogP contribution in [0.5, 0.6) is 0 Å². The molecule has 28 heavy (non-hydrogen) atoms. The summed E-state index contributed by atoms with van der Waals surface area (Å²) in [6, 6.07) is 7.44. The van der Waals surface area contributed by atoms with E-state index in [4.69, 9.17) is 8.94 Å². The molecule has 8 heteroatoms. The van der Waals surface area contributed by atoms with Crippen molar-refractivity contribution in [2.45, 2.75) is 13.0 Å². The molecule has 0 fully saturated rings. The first-order valence-electron chi connectivity index (χ1n) is 8.82. The number of aromatic nitrogens is 2. The summed E-state index contributed by atoms with van der Waals surface area (Å²) < 4.78 is 10.7. The average Bonchev–Trinajstić information content (AvgIpc) is 3.43. The fourth-order valence-corrected chi connectivity index (χ4v) is 3.88. The van der Waals surface area contributed by atoms with Crippen molar-refractivity contribution in [1.82, 2.24) is 20.4 Å².